The quantitative estimate of drug-likeness (QED) is 0.660. The topological polar surface area (TPSA) is 80.3 Å². The minimum absolute atomic E-state index is 0.00979. The Hall–Kier alpha value is -3.42. The Kier molecular flexibility index (Phi) is 8.03. The molecule has 2 aromatic carbocycles. The van der Waals surface area contributed by atoms with E-state index in [1.54, 1.807) is 37.2 Å². The van der Waals surface area contributed by atoms with Gasteiger partial charge in [0.2, 0.25) is 5.91 Å². The molecule has 1 aliphatic rings. The normalized spacial score (nSPS) is 16.9. The first-order chi connectivity index (χ1) is 16.0. The zero-order chi connectivity index (χ0) is 24.0. The summed E-state index contributed by atoms with van der Waals surface area (Å²) in [6.45, 7) is 5.53. The second kappa shape index (κ2) is 10.9. The number of amides is 3. The van der Waals surface area contributed by atoms with Crippen LogP contribution in [0.2, 0.25) is 0 Å². The molecule has 0 bridgehead atoms. The van der Waals surface area contributed by atoms with Gasteiger partial charge < -0.3 is 29.3 Å². The van der Waals surface area contributed by atoms with E-state index in [0.29, 0.717) is 37.6 Å². The predicted molar refractivity (Wildman–Crippen MR) is 126 cm³/mol. The van der Waals surface area contributed by atoms with Gasteiger partial charge in [0.1, 0.15) is 23.3 Å². The summed E-state index contributed by atoms with van der Waals surface area (Å²) in [5.74, 6) is 1.96. The molecular weight excluding hydrogens is 422 g/mol. The van der Waals surface area contributed by atoms with E-state index in [4.69, 9.17) is 14.2 Å². The Morgan fingerprint density at radius 2 is 1.67 bits per heavy atom. The maximum absolute atomic E-state index is 13.5. The third-order valence-corrected chi connectivity index (χ3v) is 6.08. The summed E-state index contributed by atoms with van der Waals surface area (Å²) < 4.78 is 16.2. The van der Waals surface area contributed by atoms with Gasteiger partial charge in [-0.1, -0.05) is 19.1 Å². The molecule has 2 unspecified atom stereocenters. The second-order valence-corrected chi connectivity index (χ2v) is 7.80. The van der Waals surface area contributed by atoms with Crippen LogP contribution >= 0.6 is 0 Å². The average molecular weight is 456 g/mol. The van der Waals surface area contributed by atoms with Crippen molar-refractivity contribution in [2.24, 2.45) is 0 Å². The van der Waals surface area contributed by atoms with Crippen molar-refractivity contribution in [3.8, 4) is 17.2 Å². The molecule has 0 aromatic heterocycles. The number of nitrogens with one attached hydrogen (secondary N) is 1. The molecule has 1 heterocycles. The minimum atomic E-state index is -0.499. The highest BCUT2D eigenvalue weighted by atomic mass is 16.5. The molecule has 8 heteroatoms. The first-order valence-corrected chi connectivity index (χ1v) is 11.2. The SMILES string of the molecule is CCC1C(=O)N(CC)CCN1C(=O)NC(c1ccc(OC)cc1)c1ccc(OC)cc1OC. The Labute approximate surface area is 195 Å². The lowest BCUT2D eigenvalue weighted by molar-refractivity contribution is -0.139. The van der Waals surface area contributed by atoms with Crippen LogP contribution in [0.15, 0.2) is 42.5 Å². The Balaban J connectivity index is 1.96. The number of methoxy groups -OCH3 is 3. The molecule has 1 aliphatic heterocycles. The van der Waals surface area contributed by atoms with E-state index < -0.39 is 12.1 Å². The Bertz CT molecular complexity index is 963. The van der Waals surface area contributed by atoms with E-state index in [2.05, 4.69) is 5.32 Å². The minimum Gasteiger partial charge on any atom is -0.497 e. The van der Waals surface area contributed by atoms with Crippen LogP contribution in [0.25, 0.3) is 0 Å². The van der Waals surface area contributed by atoms with Gasteiger partial charge in [-0.05, 0) is 43.2 Å². The molecule has 178 valence electrons. The lowest BCUT2D eigenvalue weighted by Crippen LogP contribution is -2.60. The molecule has 0 radical (unpaired) electrons. The summed E-state index contributed by atoms with van der Waals surface area (Å²) in [5, 5.41) is 3.14. The van der Waals surface area contributed by atoms with Crippen molar-refractivity contribution in [1.82, 2.24) is 15.1 Å². The van der Waals surface area contributed by atoms with Crippen LogP contribution < -0.4 is 19.5 Å². The number of rotatable bonds is 8. The molecule has 2 aromatic rings. The largest absolute Gasteiger partial charge is 0.497 e. The molecule has 1 N–H and O–H groups in total. The van der Waals surface area contributed by atoms with E-state index in [9.17, 15) is 9.59 Å². The molecule has 1 saturated heterocycles. The first kappa shape index (κ1) is 24.2. The molecule has 1 fully saturated rings. The van der Waals surface area contributed by atoms with Crippen LogP contribution in [-0.4, -0.2) is 68.7 Å². The maximum Gasteiger partial charge on any atom is 0.318 e. The number of carbonyl (C=O) groups is 2. The summed E-state index contributed by atoms with van der Waals surface area (Å²) in [6.07, 6.45) is 0.557. The predicted octanol–water partition coefficient (Wildman–Crippen LogP) is 3.45. The van der Waals surface area contributed by atoms with Crippen LogP contribution in [0.4, 0.5) is 4.79 Å². The molecule has 33 heavy (non-hydrogen) atoms. The van der Waals surface area contributed by atoms with Gasteiger partial charge in [0.15, 0.2) is 0 Å². The van der Waals surface area contributed by atoms with Crippen LogP contribution in [0.3, 0.4) is 0 Å². The standard InChI is InChI=1S/C25H33N3O5/c1-6-21-24(29)27(7-2)14-15-28(21)25(30)26-23(17-8-10-18(31-3)11-9-17)20-13-12-19(32-4)16-22(20)33-5/h8-13,16,21,23H,6-7,14-15H2,1-5H3,(H,26,30). The second-order valence-electron chi connectivity index (χ2n) is 7.80. The number of benzene rings is 2. The number of urea groups is 1. The van der Waals surface area contributed by atoms with E-state index in [0.717, 1.165) is 16.9 Å². The highest BCUT2D eigenvalue weighted by Gasteiger charge is 2.36. The highest BCUT2D eigenvalue weighted by Crippen LogP contribution is 2.34. The summed E-state index contributed by atoms with van der Waals surface area (Å²) in [7, 11) is 4.79. The fourth-order valence-electron chi connectivity index (χ4n) is 4.19. The Morgan fingerprint density at radius 3 is 2.24 bits per heavy atom. The fourth-order valence-corrected chi connectivity index (χ4v) is 4.19. The summed E-state index contributed by atoms with van der Waals surface area (Å²) >= 11 is 0. The van der Waals surface area contributed by atoms with E-state index in [1.165, 1.54) is 0 Å². The smallest absolute Gasteiger partial charge is 0.318 e. The van der Waals surface area contributed by atoms with Crippen LogP contribution in [0, 0.1) is 0 Å². The monoisotopic (exact) mass is 455 g/mol. The maximum atomic E-state index is 13.5. The lowest BCUT2D eigenvalue weighted by Gasteiger charge is -2.40. The summed E-state index contributed by atoms with van der Waals surface area (Å²) in [4.78, 5) is 29.7. The van der Waals surface area contributed by atoms with Gasteiger partial charge in [-0.3, -0.25) is 4.79 Å². The van der Waals surface area contributed by atoms with Crippen LogP contribution in [0.1, 0.15) is 37.4 Å². The van der Waals surface area contributed by atoms with Crippen molar-refractivity contribution >= 4 is 11.9 Å². The van der Waals surface area contributed by atoms with Gasteiger partial charge in [0.25, 0.3) is 0 Å². The van der Waals surface area contributed by atoms with Crippen molar-refractivity contribution in [2.75, 3.05) is 41.0 Å². The van der Waals surface area contributed by atoms with E-state index >= 15 is 0 Å². The van der Waals surface area contributed by atoms with Crippen molar-refractivity contribution in [3.63, 3.8) is 0 Å². The van der Waals surface area contributed by atoms with E-state index in [1.807, 2.05) is 50.2 Å². The zero-order valence-corrected chi connectivity index (χ0v) is 20.0. The van der Waals surface area contributed by atoms with Crippen LogP contribution in [-0.2, 0) is 4.79 Å². The number of carbonyl (C=O) groups excluding carboxylic acids is 2. The van der Waals surface area contributed by atoms with Crippen molar-refractivity contribution < 1.29 is 23.8 Å². The molecular formula is C25H33N3O5. The van der Waals surface area contributed by atoms with Crippen molar-refractivity contribution in [1.29, 1.82) is 0 Å². The van der Waals surface area contributed by atoms with Gasteiger partial charge in [0.05, 0.1) is 27.4 Å². The molecule has 0 spiro atoms. The number of piperazine rings is 1. The van der Waals surface area contributed by atoms with Crippen molar-refractivity contribution in [2.45, 2.75) is 32.4 Å². The van der Waals surface area contributed by atoms with Crippen LogP contribution in [0.5, 0.6) is 17.2 Å². The van der Waals surface area contributed by atoms with Gasteiger partial charge in [-0.25, -0.2) is 4.79 Å². The average Bonchev–Trinajstić information content (AvgIpc) is 2.86. The summed E-state index contributed by atoms with van der Waals surface area (Å²) in [5.41, 5.74) is 1.64. The van der Waals surface area contributed by atoms with E-state index in [-0.39, 0.29) is 11.9 Å². The molecule has 3 amide bonds. The lowest BCUT2D eigenvalue weighted by atomic mass is 9.97. The number of likely N-dealkylation sites (N-methyl/N-ethyl adjacent to an activating group) is 1. The van der Waals surface area contributed by atoms with Gasteiger partial charge in [0, 0.05) is 31.3 Å². The number of nitrogens with zero attached hydrogens (tertiary/aromatic N) is 2. The zero-order valence-electron chi connectivity index (χ0n) is 20.0. The molecule has 0 saturated carbocycles. The molecule has 2 atom stereocenters. The first-order valence-electron chi connectivity index (χ1n) is 11.2. The molecule has 0 aliphatic carbocycles. The Morgan fingerprint density at radius 1 is 1.00 bits per heavy atom. The number of hydrogen-bond acceptors (Lipinski definition) is 5. The van der Waals surface area contributed by atoms with Gasteiger partial charge in [-0.2, -0.15) is 0 Å². The fraction of sp³-hybridized carbons (Fsp3) is 0.440. The van der Waals surface area contributed by atoms with Gasteiger partial charge >= 0.3 is 6.03 Å². The summed E-state index contributed by atoms with van der Waals surface area (Å²) in [6, 6.07) is 11.8. The van der Waals surface area contributed by atoms with Gasteiger partial charge in [-0.15, -0.1) is 0 Å². The number of hydrogen-bond donors (Lipinski definition) is 1. The molecule has 3 rings (SSSR count). The third kappa shape index (κ3) is 5.16. The number of ether oxygens (including phenoxy) is 3. The third-order valence-electron chi connectivity index (χ3n) is 6.08. The molecule has 8 nitrogen and oxygen atoms in total. The van der Waals surface area contributed by atoms with Crippen molar-refractivity contribution in [3.05, 3.63) is 53.6 Å². The highest BCUT2D eigenvalue weighted by molar-refractivity contribution is 5.88.